The summed E-state index contributed by atoms with van der Waals surface area (Å²) in [6.07, 6.45) is 2.97. The highest BCUT2D eigenvalue weighted by molar-refractivity contribution is 5.72. The number of rotatable bonds is 6. The SMILES string of the molecule is C=C(C)c1ccc(-c2cc(C(=C)NCCC)ccc2C)nc1. The minimum Gasteiger partial charge on any atom is -0.385 e. The standard InChI is InChI=1S/C20H24N2/c1-6-11-21-16(5)17-8-7-15(4)19(12-17)20-10-9-18(13-22-20)14(2)3/h7-10,12-13,21H,2,5-6,11H2,1,3-4H3. The van der Waals surface area contributed by atoms with Crippen LogP contribution in [-0.2, 0) is 0 Å². The molecule has 0 aliphatic heterocycles. The molecule has 22 heavy (non-hydrogen) atoms. The molecular weight excluding hydrogens is 268 g/mol. The number of benzene rings is 1. The summed E-state index contributed by atoms with van der Waals surface area (Å²) in [6.45, 7) is 15.3. The van der Waals surface area contributed by atoms with Crippen LogP contribution in [0.1, 0.15) is 37.0 Å². The monoisotopic (exact) mass is 292 g/mol. The van der Waals surface area contributed by atoms with Gasteiger partial charge in [-0.1, -0.05) is 38.3 Å². The third kappa shape index (κ3) is 3.64. The van der Waals surface area contributed by atoms with Gasteiger partial charge in [-0.05, 0) is 54.7 Å². The molecule has 0 aliphatic carbocycles. The summed E-state index contributed by atoms with van der Waals surface area (Å²) < 4.78 is 0. The highest BCUT2D eigenvalue weighted by atomic mass is 14.9. The molecule has 0 aliphatic rings. The molecule has 114 valence electrons. The lowest BCUT2D eigenvalue weighted by Gasteiger charge is -2.12. The van der Waals surface area contributed by atoms with Crippen molar-refractivity contribution in [3.63, 3.8) is 0 Å². The van der Waals surface area contributed by atoms with E-state index >= 15 is 0 Å². The van der Waals surface area contributed by atoms with Gasteiger partial charge in [-0.2, -0.15) is 0 Å². The van der Waals surface area contributed by atoms with Gasteiger partial charge in [0.15, 0.2) is 0 Å². The average molecular weight is 292 g/mol. The van der Waals surface area contributed by atoms with Crippen LogP contribution in [0.15, 0.2) is 49.7 Å². The number of nitrogens with zero attached hydrogens (tertiary/aromatic N) is 1. The summed E-state index contributed by atoms with van der Waals surface area (Å²) in [5.74, 6) is 0. The maximum Gasteiger partial charge on any atom is 0.0705 e. The molecule has 0 bridgehead atoms. The summed E-state index contributed by atoms with van der Waals surface area (Å²) in [6, 6.07) is 10.5. The van der Waals surface area contributed by atoms with Crippen LogP contribution in [0.4, 0.5) is 0 Å². The van der Waals surface area contributed by atoms with Crippen LogP contribution in [0.5, 0.6) is 0 Å². The van der Waals surface area contributed by atoms with E-state index in [4.69, 9.17) is 0 Å². The third-order valence-electron chi connectivity index (χ3n) is 3.71. The Labute approximate surface area is 133 Å². The van der Waals surface area contributed by atoms with Crippen LogP contribution >= 0.6 is 0 Å². The zero-order valence-electron chi connectivity index (χ0n) is 13.7. The first-order chi connectivity index (χ1) is 10.5. The fraction of sp³-hybridized carbons (Fsp3) is 0.250. The Morgan fingerprint density at radius 2 is 1.86 bits per heavy atom. The molecule has 0 atom stereocenters. The van der Waals surface area contributed by atoms with Crippen molar-refractivity contribution in [3.8, 4) is 11.3 Å². The highest BCUT2D eigenvalue weighted by Gasteiger charge is 2.07. The molecule has 0 saturated carbocycles. The van der Waals surface area contributed by atoms with Crippen LogP contribution in [0, 0.1) is 6.92 Å². The van der Waals surface area contributed by atoms with Gasteiger partial charge in [0.1, 0.15) is 0 Å². The second-order valence-electron chi connectivity index (χ2n) is 5.65. The van der Waals surface area contributed by atoms with E-state index in [1.807, 2.05) is 13.1 Å². The predicted molar refractivity (Wildman–Crippen MR) is 96.4 cm³/mol. The fourth-order valence-corrected chi connectivity index (χ4v) is 2.27. The number of hydrogen-bond donors (Lipinski definition) is 1. The normalized spacial score (nSPS) is 10.3. The molecule has 0 saturated heterocycles. The summed E-state index contributed by atoms with van der Waals surface area (Å²) in [4.78, 5) is 4.58. The van der Waals surface area contributed by atoms with Crippen LogP contribution in [0.3, 0.4) is 0 Å². The molecule has 0 amide bonds. The van der Waals surface area contributed by atoms with E-state index in [2.05, 4.69) is 67.6 Å². The van der Waals surface area contributed by atoms with Crippen molar-refractivity contribution >= 4 is 11.3 Å². The first-order valence-corrected chi connectivity index (χ1v) is 7.69. The van der Waals surface area contributed by atoms with E-state index in [1.54, 1.807) is 0 Å². The van der Waals surface area contributed by atoms with Gasteiger partial charge >= 0.3 is 0 Å². The van der Waals surface area contributed by atoms with Crippen LogP contribution in [0.2, 0.25) is 0 Å². The minimum atomic E-state index is 0.938. The fourth-order valence-electron chi connectivity index (χ4n) is 2.27. The molecular formula is C20H24N2. The van der Waals surface area contributed by atoms with Crippen LogP contribution in [-0.4, -0.2) is 11.5 Å². The summed E-state index contributed by atoms with van der Waals surface area (Å²) in [5, 5.41) is 3.34. The number of allylic oxidation sites excluding steroid dienone is 1. The van der Waals surface area contributed by atoms with Crippen molar-refractivity contribution in [1.82, 2.24) is 10.3 Å². The van der Waals surface area contributed by atoms with Crippen molar-refractivity contribution in [2.45, 2.75) is 27.2 Å². The minimum absolute atomic E-state index is 0.938. The Kier molecular flexibility index (Phi) is 5.16. The number of pyridine rings is 1. The molecule has 2 rings (SSSR count). The second-order valence-corrected chi connectivity index (χ2v) is 5.65. The number of nitrogens with one attached hydrogen (secondary N) is 1. The number of aryl methyl sites for hydroxylation is 1. The van der Waals surface area contributed by atoms with Gasteiger partial charge < -0.3 is 5.32 Å². The molecule has 2 nitrogen and oxygen atoms in total. The third-order valence-corrected chi connectivity index (χ3v) is 3.71. The smallest absolute Gasteiger partial charge is 0.0705 e. The van der Waals surface area contributed by atoms with Gasteiger partial charge in [0, 0.05) is 24.0 Å². The van der Waals surface area contributed by atoms with E-state index < -0.39 is 0 Å². The van der Waals surface area contributed by atoms with Gasteiger partial charge in [0.2, 0.25) is 0 Å². The summed E-state index contributed by atoms with van der Waals surface area (Å²) in [5.41, 5.74) is 7.51. The lowest BCUT2D eigenvalue weighted by Crippen LogP contribution is -2.12. The molecule has 2 heteroatoms. The molecule has 1 heterocycles. The molecule has 1 aromatic heterocycles. The quantitative estimate of drug-likeness (QED) is 0.805. The lowest BCUT2D eigenvalue weighted by atomic mass is 10.00. The van der Waals surface area contributed by atoms with Crippen LogP contribution in [0.25, 0.3) is 22.5 Å². The molecule has 0 unspecified atom stereocenters. The van der Waals surface area contributed by atoms with Crippen LogP contribution < -0.4 is 5.32 Å². The maximum absolute atomic E-state index is 4.58. The molecule has 0 radical (unpaired) electrons. The Balaban J connectivity index is 2.33. The summed E-state index contributed by atoms with van der Waals surface area (Å²) >= 11 is 0. The Bertz CT molecular complexity index is 681. The van der Waals surface area contributed by atoms with E-state index in [9.17, 15) is 0 Å². The van der Waals surface area contributed by atoms with Gasteiger partial charge in [-0.15, -0.1) is 0 Å². The first kappa shape index (κ1) is 16.0. The van der Waals surface area contributed by atoms with Gasteiger partial charge in [-0.25, -0.2) is 0 Å². The predicted octanol–water partition coefficient (Wildman–Crippen LogP) is 5.06. The van der Waals surface area contributed by atoms with Gasteiger partial charge in [0.25, 0.3) is 0 Å². The van der Waals surface area contributed by atoms with Crippen molar-refractivity contribution in [2.24, 2.45) is 0 Å². The van der Waals surface area contributed by atoms with Crippen molar-refractivity contribution in [3.05, 3.63) is 66.4 Å². The molecule has 2 aromatic rings. The van der Waals surface area contributed by atoms with Crippen molar-refractivity contribution in [1.29, 1.82) is 0 Å². The van der Waals surface area contributed by atoms with E-state index in [0.717, 1.165) is 46.6 Å². The summed E-state index contributed by atoms with van der Waals surface area (Å²) in [7, 11) is 0. The van der Waals surface area contributed by atoms with E-state index in [1.165, 1.54) is 5.56 Å². The van der Waals surface area contributed by atoms with Crippen molar-refractivity contribution < 1.29 is 0 Å². The highest BCUT2D eigenvalue weighted by Crippen LogP contribution is 2.25. The lowest BCUT2D eigenvalue weighted by molar-refractivity contribution is 0.825. The molecule has 1 N–H and O–H groups in total. The topological polar surface area (TPSA) is 24.9 Å². The Morgan fingerprint density at radius 3 is 2.45 bits per heavy atom. The Hall–Kier alpha value is -2.35. The van der Waals surface area contributed by atoms with E-state index in [-0.39, 0.29) is 0 Å². The number of hydrogen-bond acceptors (Lipinski definition) is 2. The average Bonchev–Trinajstić information content (AvgIpc) is 2.53. The zero-order chi connectivity index (χ0) is 16.1. The van der Waals surface area contributed by atoms with Gasteiger partial charge in [0.05, 0.1) is 5.69 Å². The maximum atomic E-state index is 4.58. The number of aromatic nitrogens is 1. The first-order valence-electron chi connectivity index (χ1n) is 7.69. The molecule has 0 fully saturated rings. The van der Waals surface area contributed by atoms with Crippen molar-refractivity contribution in [2.75, 3.05) is 6.54 Å². The molecule has 0 spiro atoms. The zero-order valence-corrected chi connectivity index (χ0v) is 13.7. The second kappa shape index (κ2) is 7.08. The Morgan fingerprint density at radius 1 is 1.14 bits per heavy atom. The van der Waals surface area contributed by atoms with E-state index in [0.29, 0.717) is 0 Å². The van der Waals surface area contributed by atoms with Gasteiger partial charge in [-0.3, -0.25) is 4.98 Å². The largest absolute Gasteiger partial charge is 0.385 e. The molecule has 1 aromatic carbocycles.